The van der Waals surface area contributed by atoms with Gasteiger partial charge in [-0.2, -0.15) is 8.42 Å². The van der Waals surface area contributed by atoms with Crippen molar-refractivity contribution in [1.82, 2.24) is 0 Å². The van der Waals surface area contributed by atoms with Crippen LogP contribution in [0, 0.1) is 23.7 Å². The van der Waals surface area contributed by atoms with Crippen LogP contribution in [0.25, 0.3) is 0 Å². The van der Waals surface area contributed by atoms with Crippen molar-refractivity contribution in [3.63, 3.8) is 0 Å². The van der Waals surface area contributed by atoms with E-state index in [2.05, 4.69) is 16.3 Å². The molecule has 0 aliphatic heterocycles. The van der Waals surface area contributed by atoms with Crippen LogP contribution in [-0.4, -0.2) is 26.9 Å². The molecule has 5 nitrogen and oxygen atoms in total. The topological polar surface area (TPSA) is 69.7 Å². The first kappa shape index (κ1) is 12.3. The Labute approximate surface area is 106 Å². The first-order valence-electron chi connectivity index (χ1n) is 6.30. The third-order valence-corrected chi connectivity index (χ3v) is 5.24. The molecule has 2 bridgehead atoms. The number of fused-ring (bicyclic) bond motifs is 5. The highest BCUT2D eigenvalue weighted by Crippen LogP contribution is 2.55. The molecule has 0 amide bonds. The van der Waals surface area contributed by atoms with Crippen molar-refractivity contribution in [2.45, 2.75) is 25.9 Å². The van der Waals surface area contributed by atoms with E-state index in [-0.39, 0.29) is 30.1 Å². The molecule has 0 unspecified atom stereocenters. The highest BCUT2D eigenvalue weighted by Gasteiger charge is 2.56. The molecule has 2 fully saturated rings. The molecule has 100 valence electrons. The van der Waals surface area contributed by atoms with E-state index in [1.807, 2.05) is 0 Å². The van der Waals surface area contributed by atoms with Gasteiger partial charge >= 0.3 is 10.4 Å². The Morgan fingerprint density at radius 1 is 1.33 bits per heavy atom. The van der Waals surface area contributed by atoms with Crippen LogP contribution in [0.5, 0.6) is 0 Å². The minimum Gasteiger partial charge on any atom is -0.297 e. The van der Waals surface area contributed by atoms with Gasteiger partial charge in [0.05, 0.1) is 6.61 Å². The van der Waals surface area contributed by atoms with E-state index < -0.39 is 16.5 Å². The number of carbonyl (C=O) groups excluding carboxylic acids is 1. The van der Waals surface area contributed by atoms with E-state index in [9.17, 15) is 13.2 Å². The normalized spacial score (nSPS) is 41.6. The van der Waals surface area contributed by atoms with Crippen LogP contribution >= 0.6 is 0 Å². The summed E-state index contributed by atoms with van der Waals surface area (Å²) in [5, 5.41) is 0. The maximum atomic E-state index is 11.9. The maximum absolute atomic E-state index is 11.9. The number of Topliss-reactive ketones (excluding diaryl/α,β-unsaturated/α-hetero) is 1. The fraction of sp³-hybridized carbons (Fsp3) is 0.750. The third kappa shape index (κ3) is 1.83. The molecule has 6 heteroatoms. The second kappa shape index (κ2) is 4.15. The predicted molar refractivity (Wildman–Crippen MR) is 62.8 cm³/mol. The summed E-state index contributed by atoms with van der Waals surface area (Å²) >= 11 is 0. The molecule has 3 rings (SSSR count). The number of rotatable bonds is 4. The Kier molecular flexibility index (Phi) is 2.84. The lowest BCUT2D eigenvalue weighted by Gasteiger charge is -2.23. The Morgan fingerprint density at radius 3 is 2.78 bits per heavy atom. The largest absolute Gasteiger partial charge is 0.400 e. The van der Waals surface area contributed by atoms with Gasteiger partial charge in [-0.3, -0.25) is 4.79 Å². The van der Waals surface area contributed by atoms with Crippen LogP contribution in [0.15, 0.2) is 12.2 Å². The molecule has 0 spiro atoms. The lowest BCUT2D eigenvalue weighted by Crippen LogP contribution is -2.32. The zero-order valence-corrected chi connectivity index (χ0v) is 10.9. The Bertz CT molecular complexity index is 495. The lowest BCUT2D eigenvalue weighted by atomic mass is 9.85. The highest BCUT2D eigenvalue weighted by atomic mass is 32.3. The third-order valence-electron chi connectivity index (χ3n) is 4.28. The SMILES string of the molecule is CCOS(=O)(=O)O[C@H]1C(=O)C[C@H]2[C@H]1[C@H]1C=C[C@@H]2C1. The Balaban J connectivity index is 1.80. The quantitative estimate of drug-likeness (QED) is 0.716. The van der Waals surface area contributed by atoms with Crippen LogP contribution in [0.2, 0.25) is 0 Å². The van der Waals surface area contributed by atoms with Crippen LogP contribution < -0.4 is 0 Å². The number of ketones is 1. The molecule has 5 atom stereocenters. The van der Waals surface area contributed by atoms with Gasteiger partial charge in [-0.1, -0.05) is 12.2 Å². The number of allylic oxidation sites excluding steroid dienone is 2. The molecular formula is C12H16O5S. The molecule has 0 N–H and O–H groups in total. The van der Waals surface area contributed by atoms with E-state index in [0.29, 0.717) is 12.3 Å². The zero-order valence-electron chi connectivity index (χ0n) is 10.1. The van der Waals surface area contributed by atoms with Crippen molar-refractivity contribution in [2.75, 3.05) is 6.61 Å². The van der Waals surface area contributed by atoms with E-state index in [1.54, 1.807) is 6.92 Å². The monoisotopic (exact) mass is 272 g/mol. The van der Waals surface area contributed by atoms with Crippen LogP contribution in [0.4, 0.5) is 0 Å². The molecule has 0 saturated heterocycles. The van der Waals surface area contributed by atoms with Crippen molar-refractivity contribution >= 4 is 16.2 Å². The van der Waals surface area contributed by atoms with Gasteiger partial charge < -0.3 is 0 Å². The molecule has 0 aromatic carbocycles. The van der Waals surface area contributed by atoms with Gasteiger partial charge in [0.2, 0.25) is 0 Å². The summed E-state index contributed by atoms with van der Waals surface area (Å²) in [7, 11) is -4.05. The van der Waals surface area contributed by atoms with Gasteiger partial charge in [0.1, 0.15) is 6.10 Å². The molecule has 2 saturated carbocycles. The summed E-state index contributed by atoms with van der Waals surface area (Å²) in [6, 6.07) is 0. The molecule has 3 aliphatic carbocycles. The molecule has 0 heterocycles. The second-order valence-electron chi connectivity index (χ2n) is 5.19. The summed E-state index contributed by atoms with van der Waals surface area (Å²) in [4.78, 5) is 11.9. The van der Waals surface area contributed by atoms with Crippen molar-refractivity contribution in [1.29, 1.82) is 0 Å². The van der Waals surface area contributed by atoms with Gasteiger partial charge in [0, 0.05) is 12.3 Å². The van der Waals surface area contributed by atoms with E-state index in [0.717, 1.165) is 6.42 Å². The minimum atomic E-state index is -4.05. The summed E-state index contributed by atoms with van der Waals surface area (Å²) in [6.07, 6.45) is 4.86. The van der Waals surface area contributed by atoms with Crippen molar-refractivity contribution in [3.8, 4) is 0 Å². The van der Waals surface area contributed by atoms with Crippen molar-refractivity contribution in [3.05, 3.63) is 12.2 Å². The first-order valence-corrected chi connectivity index (χ1v) is 7.64. The van der Waals surface area contributed by atoms with Crippen molar-refractivity contribution in [2.24, 2.45) is 23.7 Å². The zero-order chi connectivity index (χ0) is 12.9. The average Bonchev–Trinajstić information content (AvgIpc) is 2.92. The predicted octanol–water partition coefficient (Wildman–Crippen LogP) is 1.06. The molecular weight excluding hydrogens is 256 g/mol. The summed E-state index contributed by atoms with van der Waals surface area (Å²) in [6.45, 7) is 1.59. The lowest BCUT2D eigenvalue weighted by molar-refractivity contribution is -0.124. The maximum Gasteiger partial charge on any atom is 0.400 e. The molecule has 3 aliphatic rings. The van der Waals surface area contributed by atoms with Crippen LogP contribution in [0.3, 0.4) is 0 Å². The summed E-state index contributed by atoms with van der Waals surface area (Å²) in [5.74, 6) is 0.879. The fourth-order valence-corrected chi connectivity index (χ4v) is 4.51. The highest BCUT2D eigenvalue weighted by molar-refractivity contribution is 7.81. The van der Waals surface area contributed by atoms with Crippen LogP contribution in [-0.2, 0) is 23.6 Å². The smallest absolute Gasteiger partial charge is 0.297 e. The van der Waals surface area contributed by atoms with Gasteiger partial charge in [-0.25, -0.2) is 8.37 Å². The number of carbonyl (C=O) groups is 1. The number of hydrogen-bond donors (Lipinski definition) is 0. The molecule has 0 aromatic heterocycles. The van der Waals surface area contributed by atoms with E-state index in [4.69, 9.17) is 4.18 Å². The van der Waals surface area contributed by atoms with Gasteiger partial charge in [-0.05, 0) is 31.1 Å². The van der Waals surface area contributed by atoms with E-state index >= 15 is 0 Å². The Morgan fingerprint density at radius 2 is 2.06 bits per heavy atom. The average molecular weight is 272 g/mol. The summed E-state index contributed by atoms with van der Waals surface area (Å²) in [5.41, 5.74) is 0. The Hall–Kier alpha value is -0.720. The number of hydrogen-bond acceptors (Lipinski definition) is 5. The molecule has 0 aromatic rings. The molecule has 0 radical (unpaired) electrons. The first-order chi connectivity index (χ1) is 8.52. The van der Waals surface area contributed by atoms with Gasteiger partial charge in [-0.15, -0.1) is 0 Å². The molecule has 18 heavy (non-hydrogen) atoms. The fourth-order valence-electron chi connectivity index (χ4n) is 3.68. The standard InChI is InChI=1S/C12H16O5S/c1-2-16-18(14,15)17-12-10(13)6-9-7-3-4-8(5-7)11(9)12/h3-4,7-9,11-12H,2,5-6H2,1H3/t7-,8+,9-,11-,12+/m1/s1. The van der Waals surface area contributed by atoms with Crippen molar-refractivity contribution < 1.29 is 21.6 Å². The summed E-state index contributed by atoms with van der Waals surface area (Å²) < 4.78 is 32.6. The minimum absolute atomic E-state index is 0.0164. The van der Waals surface area contributed by atoms with Gasteiger partial charge in [0.25, 0.3) is 0 Å². The second-order valence-corrected chi connectivity index (χ2v) is 6.44. The van der Waals surface area contributed by atoms with Crippen LogP contribution in [0.1, 0.15) is 19.8 Å². The van der Waals surface area contributed by atoms with Gasteiger partial charge in [0.15, 0.2) is 5.78 Å². The van der Waals surface area contributed by atoms with E-state index in [1.165, 1.54) is 0 Å².